The van der Waals surface area contributed by atoms with Gasteiger partial charge in [-0.3, -0.25) is 4.79 Å². The summed E-state index contributed by atoms with van der Waals surface area (Å²) in [7, 11) is 0. The lowest BCUT2D eigenvalue weighted by atomic mass is 10.0. The zero-order chi connectivity index (χ0) is 15.5. The van der Waals surface area contributed by atoms with Gasteiger partial charge < -0.3 is 10.2 Å². The number of fused-ring (bicyclic) bond motifs is 1. The van der Waals surface area contributed by atoms with Crippen LogP contribution in [0.25, 0.3) is 16.8 Å². The van der Waals surface area contributed by atoms with E-state index < -0.39 is 0 Å². The molecule has 108 valence electrons. The molecule has 0 spiro atoms. The third-order valence-corrected chi connectivity index (χ3v) is 3.50. The van der Waals surface area contributed by atoms with Gasteiger partial charge in [-0.25, -0.2) is 0 Å². The van der Waals surface area contributed by atoms with Crippen molar-refractivity contribution in [3.8, 4) is 11.5 Å². The maximum absolute atomic E-state index is 12.1. The first-order valence-corrected chi connectivity index (χ1v) is 6.87. The normalized spacial score (nSPS) is 11.1. The molecular weight excluding hydrogens is 276 g/mol. The number of ketones is 1. The number of allylic oxidation sites excluding steroid dienone is 1. The molecule has 0 radical (unpaired) electrons. The Morgan fingerprint density at radius 1 is 0.818 bits per heavy atom. The highest BCUT2D eigenvalue weighted by Gasteiger charge is 2.04. The molecule has 3 aromatic carbocycles. The molecule has 2 N–H and O–H groups in total. The zero-order valence-electron chi connectivity index (χ0n) is 11.7. The molecule has 0 saturated carbocycles. The third kappa shape index (κ3) is 2.69. The van der Waals surface area contributed by atoms with Gasteiger partial charge >= 0.3 is 0 Å². The Bertz CT molecular complexity index is 861. The monoisotopic (exact) mass is 290 g/mol. The fourth-order valence-electron chi connectivity index (χ4n) is 2.34. The SMILES string of the molecule is O=C(/C=C/c1ccc(O)c2ccccc12)c1ccc(O)cc1. The first kappa shape index (κ1) is 13.9. The van der Waals surface area contributed by atoms with Gasteiger partial charge in [0.1, 0.15) is 11.5 Å². The predicted octanol–water partition coefficient (Wildman–Crippen LogP) is 4.15. The van der Waals surface area contributed by atoms with E-state index in [-0.39, 0.29) is 17.3 Å². The molecule has 0 aliphatic heterocycles. The van der Waals surface area contributed by atoms with Gasteiger partial charge in [0.15, 0.2) is 5.78 Å². The first-order valence-electron chi connectivity index (χ1n) is 6.87. The minimum atomic E-state index is -0.142. The molecule has 0 bridgehead atoms. The van der Waals surface area contributed by atoms with Crippen LogP contribution >= 0.6 is 0 Å². The lowest BCUT2D eigenvalue weighted by Gasteiger charge is -2.04. The van der Waals surface area contributed by atoms with E-state index in [2.05, 4.69) is 0 Å². The largest absolute Gasteiger partial charge is 0.508 e. The van der Waals surface area contributed by atoms with Gasteiger partial charge in [0.05, 0.1) is 0 Å². The molecule has 0 aliphatic carbocycles. The van der Waals surface area contributed by atoms with E-state index in [9.17, 15) is 15.0 Å². The number of rotatable bonds is 3. The number of hydrogen-bond acceptors (Lipinski definition) is 3. The van der Waals surface area contributed by atoms with E-state index in [0.29, 0.717) is 5.56 Å². The van der Waals surface area contributed by atoms with Gasteiger partial charge in [-0.05, 0) is 47.4 Å². The minimum Gasteiger partial charge on any atom is -0.508 e. The third-order valence-electron chi connectivity index (χ3n) is 3.50. The lowest BCUT2D eigenvalue weighted by molar-refractivity contribution is 0.104. The molecule has 0 aromatic heterocycles. The van der Waals surface area contributed by atoms with Crippen molar-refractivity contribution in [2.24, 2.45) is 0 Å². The molecule has 22 heavy (non-hydrogen) atoms. The average molecular weight is 290 g/mol. The Kier molecular flexibility index (Phi) is 3.62. The molecule has 3 nitrogen and oxygen atoms in total. The van der Waals surface area contributed by atoms with Crippen molar-refractivity contribution in [2.45, 2.75) is 0 Å². The number of phenols is 2. The highest BCUT2D eigenvalue weighted by atomic mass is 16.3. The maximum atomic E-state index is 12.1. The molecule has 0 unspecified atom stereocenters. The average Bonchev–Trinajstić information content (AvgIpc) is 2.55. The first-order chi connectivity index (χ1) is 10.6. The fourth-order valence-corrected chi connectivity index (χ4v) is 2.34. The van der Waals surface area contributed by atoms with Gasteiger partial charge in [-0.1, -0.05) is 36.4 Å². The topological polar surface area (TPSA) is 57.5 Å². The number of hydrogen-bond donors (Lipinski definition) is 2. The molecule has 0 amide bonds. The van der Waals surface area contributed by atoms with Crippen molar-refractivity contribution in [1.29, 1.82) is 0 Å². The van der Waals surface area contributed by atoms with Crippen molar-refractivity contribution < 1.29 is 15.0 Å². The van der Waals surface area contributed by atoms with Crippen molar-refractivity contribution in [3.63, 3.8) is 0 Å². The predicted molar refractivity (Wildman–Crippen MR) is 87.1 cm³/mol. The summed E-state index contributed by atoms with van der Waals surface area (Å²) in [6.07, 6.45) is 3.22. The van der Waals surface area contributed by atoms with Crippen LogP contribution in [0.5, 0.6) is 11.5 Å². The highest BCUT2D eigenvalue weighted by molar-refractivity contribution is 6.08. The van der Waals surface area contributed by atoms with Crippen LogP contribution in [0.2, 0.25) is 0 Å². The second kappa shape index (κ2) is 5.74. The van der Waals surface area contributed by atoms with E-state index in [1.54, 1.807) is 30.3 Å². The molecule has 3 heteroatoms. The number of carbonyl (C=O) groups is 1. The van der Waals surface area contributed by atoms with Crippen LogP contribution in [0, 0.1) is 0 Å². The van der Waals surface area contributed by atoms with E-state index >= 15 is 0 Å². The van der Waals surface area contributed by atoms with E-state index in [0.717, 1.165) is 16.3 Å². The van der Waals surface area contributed by atoms with E-state index in [1.807, 2.05) is 24.3 Å². The van der Waals surface area contributed by atoms with Crippen LogP contribution in [0.1, 0.15) is 15.9 Å². The van der Waals surface area contributed by atoms with Crippen molar-refractivity contribution in [3.05, 3.63) is 77.9 Å². The second-order valence-electron chi connectivity index (χ2n) is 4.96. The van der Waals surface area contributed by atoms with Crippen LogP contribution in [0.3, 0.4) is 0 Å². The molecule has 3 rings (SSSR count). The Hall–Kier alpha value is -3.07. The van der Waals surface area contributed by atoms with E-state index in [1.165, 1.54) is 18.2 Å². The summed E-state index contributed by atoms with van der Waals surface area (Å²) >= 11 is 0. The van der Waals surface area contributed by atoms with Crippen LogP contribution in [-0.2, 0) is 0 Å². The summed E-state index contributed by atoms with van der Waals surface area (Å²) < 4.78 is 0. The standard InChI is InChI=1S/C19H14O3/c20-15-9-5-14(6-10-15)18(21)11-7-13-8-12-19(22)17-4-2-1-3-16(13)17/h1-12,20,22H/b11-7+. The lowest BCUT2D eigenvalue weighted by Crippen LogP contribution is -1.93. The Labute approximate surface area is 127 Å². The van der Waals surface area contributed by atoms with Gasteiger partial charge in [-0.15, -0.1) is 0 Å². The van der Waals surface area contributed by atoms with Gasteiger partial charge in [0.25, 0.3) is 0 Å². The molecule has 0 atom stereocenters. The second-order valence-corrected chi connectivity index (χ2v) is 4.96. The molecule has 3 aromatic rings. The van der Waals surface area contributed by atoms with Crippen molar-refractivity contribution in [2.75, 3.05) is 0 Å². The quantitative estimate of drug-likeness (QED) is 0.563. The minimum absolute atomic E-state index is 0.130. The van der Waals surface area contributed by atoms with Crippen LogP contribution in [0.15, 0.2) is 66.7 Å². The number of aromatic hydroxyl groups is 2. The molecule has 0 aliphatic rings. The number of carbonyl (C=O) groups excluding carboxylic acids is 1. The van der Waals surface area contributed by atoms with Crippen LogP contribution in [-0.4, -0.2) is 16.0 Å². The summed E-state index contributed by atoms with van der Waals surface area (Å²) in [5.74, 6) is 0.208. The molecular formula is C19H14O3. The summed E-state index contributed by atoms with van der Waals surface area (Å²) in [5, 5.41) is 20.7. The van der Waals surface area contributed by atoms with Gasteiger partial charge in [0, 0.05) is 10.9 Å². The summed E-state index contributed by atoms with van der Waals surface area (Å²) in [5.41, 5.74) is 1.37. The molecule has 0 heterocycles. The molecule has 0 saturated heterocycles. The summed E-state index contributed by atoms with van der Waals surface area (Å²) in [6, 6.07) is 17.0. The van der Waals surface area contributed by atoms with Crippen LogP contribution < -0.4 is 0 Å². The smallest absolute Gasteiger partial charge is 0.185 e. The van der Waals surface area contributed by atoms with Gasteiger partial charge in [-0.2, -0.15) is 0 Å². The van der Waals surface area contributed by atoms with Gasteiger partial charge in [0.2, 0.25) is 0 Å². The van der Waals surface area contributed by atoms with E-state index in [4.69, 9.17) is 0 Å². The van der Waals surface area contributed by atoms with Crippen molar-refractivity contribution in [1.82, 2.24) is 0 Å². The zero-order valence-corrected chi connectivity index (χ0v) is 11.7. The maximum Gasteiger partial charge on any atom is 0.185 e. The fraction of sp³-hybridized carbons (Fsp3) is 0. The summed E-state index contributed by atoms with van der Waals surface area (Å²) in [6.45, 7) is 0. The number of phenolic OH excluding ortho intramolecular Hbond substituents is 2. The van der Waals surface area contributed by atoms with Crippen LogP contribution in [0.4, 0.5) is 0 Å². The summed E-state index contributed by atoms with van der Waals surface area (Å²) in [4.78, 5) is 12.1. The Morgan fingerprint density at radius 3 is 2.23 bits per heavy atom. The number of benzene rings is 3. The molecule has 0 fully saturated rings. The highest BCUT2D eigenvalue weighted by Crippen LogP contribution is 2.28. The Balaban J connectivity index is 1.94. The Morgan fingerprint density at radius 2 is 1.50 bits per heavy atom. The van der Waals surface area contributed by atoms with Crippen molar-refractivity contribution >= 4 is 22.6 Å².